The van der Waals surface area contributed by atoms with Crippen LogP contribution in [0.1, 0.15) is 19.8 Å². The molecule has 142 valence electrons. The van der Waals surface area contributed by atoms with Crippen LogP contribution in [-0.2, 0) is 19.1 Å². The van der Waals surface area contributed by atoms with E-state index in [0.717, 1.165) is 0 Å². The van der Waals surface area contributed by atoms with Crippen molar-refractivity contribution < 1.29 is 23.5 Å². The van der Waals surface area contributed by atoms with Crippen molar-refractivity contribution in [1.82, 2.24) is 10.2 Å². The lowest BCUT2D eigenvalue weighted by atomic mass is 9.97. The molecule has 0 aromatic heterocycles. The monoisotopic (exact) mass is 365 g/mol. The minimum absolute atomic E-state index is 0.101. The van der Waals surface area contributed by atoms with E-state index in [1.807, 2.05) is 4.90 Å². The highest BCUT2D eigenvalue weighted by Crippen LogP contribution is 2.18. The molecule has 2 amide bonds. The Hall–Kier alpha value is -2.48. The summed E-state index contributed by atoms with van der Waals surface area (Å²) in [5, 5.41) is 5.13. The van der Waals surface area contributed by atoms with E-state index in [-0.39, 0.29) is 42.6 Å². The van der Waals surface area contributed by atoms with Gasteiger partial charge in [-0.15, -0.1) is 0 Å². The third-order valence-electron chi connectivity index (χ3n) is 4.15. The number of nitrogens with one attached hydrogen (secondary N) is 2. The molecule has 2 rings (SSSR count). The maximum Gasteiger partial charge on any atom is 0.309 e. The fourth-order valence-electron chi connectivity index (χ4n) is 2.76. The second kappa shape index (κ2) is 9.86. The van der Waals surface area contributed by atoms with Crippen LogP contribution in [0, 0.1) is 11.7 Å². The number of nitrogens with zero attached hydrogens (tertiary/aromatic N) is 1. The molecule has 1 fully saturated rings. The average molecular weight is 365 g/mol. The first-order chi connectivity index (χ1) is 12.5. The second-order valence-corrected chi connectivity index (χ2v) is 6.13. The molecule has 1 aliphatic heterocycles. The fraction of sp³-hybridized carbons (Fsp3) is 0.500. The lowest BCUT2D eigenvalue weighted by Gasteiger charge is -2.30. The summed E-state index contributed by atoms with van der Waals surface area (Å²) in [5.74, 6) is -1.30. The largest absolute Gasteiger partial charge is 0.466 e. The van der Waals surface area contributed by atoms with Crippen molar-refractivity contribution in [2.24, 2.45) is 5.92 Å². The number of piperidine rings is 1. The lowest BCUT2D eigenvalue weighted by molar-refractivity contribution is -0.149. The first-order valence-corrected chi connectivity index (χ1v) is 8.69. The van der Waals surface area contributed by atoms with Gasteiger partial charge in [0.05, 0.1) is 25.6 Å². The molecule has 0 spiro atoms. The van der Waals surface area contributed by atoms with Crippen LogP contribution in [0.5, 0.6) is 0 Å². The maximum atomic E-state index is 12.8. The van der Waals surface area contributed by atoms with Crippen LogP contribution in [-0.4, -0.2) is 55.5 Å². The molecule has 1 aliphatic rings. The molecule has 0 atom stereocenters. The molecular formula is C18H24FN3O4. The van der Waals surface area contributed by atoms with Gasteiger partial charge in [-0.1, -0.05) is 0 Å². The number of halogens is 1. The highest BCUT2D eigenvalue weighted by Gasteiger charge is 2.26. The van der Waals surface area contributed by atoms with Gasteiger partial charge >= 0.3 is 5.97 Å². The first kappa shape index (κ1) is 19.8. The Balaban J connectivity index is 1.65. The van der Waals surface area contributed by atoms with Crippen LogP contribution in [0.2, 0.25) is 0 Å². The van der Waals surface area contributed by atoms with Gasteiger partial charge in [0, 0.05) is 5.69 Å². The van der Waals surface area contributed by atoms with Crippen LogP contribution >= 0.6 is 0 Å². The molecule has 1 aromatic carbocycles. The smallest absolute Gasteiger partial charge is 0.309 e. The predicted octanol–water partition coefficient (Wildman–Crippen LogP) is 1.16. The number of benzene rings is 1. The zero-order chi connectivity index (χ0) is 18.9. The summed E-state index contributed by atoms with van der Waals surface area (Å²) in [7, 11) is 0. The number of rotatable bonds is 7. The molecule has 0 saturated carbocycles. The molecule has 2 N–H and O–H groups in total. The van der Waals surface area contributed by atoms with Gasteiger partial charge in [0.2, 0.25) is 11.8 Å². The summed E-state index contributed by atoms with van der Waals surface area (Å²) in [6.45, 7) is 3.46. The van der Waals surface area contributed by atoms with Crippen LogP contribution < -0.4 is 10.6 Å². The maximum absolute atomic E-state index is 12.8. The number of esters is 1. The predicted molar refractivity (Wildman–Crippen MR) is 93.8 cm³/mol. The Morgan fingerprint density at radius 2 is 1.81 bits per heavy atom. The van der Waals surface area contributed by atoms with Crippen molar-refractivity contribution in [1.29, 1.82) is 0 Å². The van der Waals surface area contributed by atoms with Gasteiger partial charge in [-0.05, 0) is 57.1 Å². The van der Waals surface area contributed by atoms with Gasteiger partial charge in [-0.3, -0.25) is 19.3 Å². The Morgan fingerprint density at radius 1 is 1.15 bits per heavy atom. The fourth-order valence-corrected chi connectivity index (χ4v) is 2.76. The first-order valence-electron chi connectivity index (χ1n) is 8.69. The van der Waals surface area contributed by atoms with Crippen molar-refractivity contribution >= 4 is 23.5 Å². The SMILES string of the molecule is CCOC(=O)C1CCN(CC(=O)NCC(=O)Nc2ccc(F)cc2)CC1. The molecule has 1 heterocycles. The van der Waals surface area contributed by atoms with E-state index >= 15 is 0 Å². The van der Waals surface area contributed by atoms with Crippen molar-refractivity contribution in [2.45, 2.75) is 19.8 Å². The number of carbonyl (C=O) groups is 3. The quantitative estimate of drug-likeness (QED) is 0.708. The minimum atomic E-state index is -0.386. The number of likely N-dealkylation sites (tertiary alicyclic amines) is 1. The van der Waals surface area contributed by atoms with E-state index < -0.39 is 0 Å². The second-order valence-electron chi connectivity index (χ2n) is 6.13. The van der Waals surface area contributed by atoms with Crippen LogP contribution in [0.15, 0.2) is 24.3 Å². The Morgan fingerprint density at radius 3 is 2.42 bits per heavy atom. The Bertz CT molecular complexity index is 628. The van der Waals surface area contributed by atoms with Gasteiger partial charge in [-0.25, -0.2) is 4.39 Å². The molecule has 1 aromatic rings. The minimum Gasteiger partial charge on any atom is -0.466 e. The summed E-state index contributed by atoms with van der Waals surface area (Å²) in [6.07, 6.45) is 1.33. The number of hydrogen-bond donors (Lipinski definition) is 2. The lowest BCUT2D eigenvalue weighted by Crippen LogP contribution is -2.44. The Kier molecular flexibility index (Phi) is 7.53. The zero-order valence-electron chi connectivity index (χ0n) is 14.8. The molecule has 0 unspecified atom stereocenters. The molecular weight excluding hydrogens is 341 g/mol. The molecule has 8 heteroatoms. The summed E-state index contributed by atoms with van der Waals surface area (Å²) in [6, 6.07) is 5.38. The van der Waals surface area contributed by atoms with Gasteiger partial charge in [0.25, 0.3) is 0 Å². The number of hydrogen-bond acceptors (Lipinski definition) is 5. The highest BCUT2D eigenvalue weighted by molar-refractivity contribution is 5.94. The van der Waals surface area contributed by atoms with Crippen molar-refractivity contribution in [2.75, 3.05) is 38.1 Å². The molecule has 1 saturated heterocycles. The third kappa shape index (κ3) is 6.44. The molecule has 0 radical (unpaired) electrons. The summed E-state index contributed by atoms with van der Waals surface area (Å²) >= 11 is 0. The van der Waals surface area contributed by atoms with Crippen LogP contribution in [0.3, 0.4) is 0 Å². The van der Waals surface area contributed by atoms with Crippen molar-refractivity contribution in [3.05, 3.63) is 30.1 Å². The van der Waals surface area contributed by atoms with Gasteiger partial charge < -0.3 is 15.4 Å². The average Bonchev–Trinajstić information content (AvgIpc) is 2.63. The Labute approximate surface area is 151 Å². The molecule has 0 bridgehead atoms. The van der Waals surface area contributed by atoms with Crippen LogP contribution in [0.25, 0.3) is 0 Å². The van der Waals surface area contributed by atoms with E-state index in [9.17, 15) is 18.8 Å². The van der Waals surface area contributed by atoms with Gasteiger partial charge in [0.1, 0.15) is 5.82 Å². The number of ether oxygens (including phenoxy) is 1. The standard InChI is InChI=1S/C18H24FN3O4/c1-2-26-18(25)13-7-9-22(10-8-13)12-17(24)20-11-16(23)21-15-5-3-14(19)4-6-15/h3-6,13H,2,7-12H2,1H3,(H,20,24)(H,21,23). The zero-order valence-corrected chi connectivity index (χ0v) is 14.8. The number of carbonyl (C=O) groups excluding carboxylic acids is 3. The van der Waals surface area contributed by atoms with E-state index in [2.05, 4.69) is 10.6 Å². The van der Waals surface area contributed by atoms with Gasteiger partial charge in [-0.2, -0.15) is 0 Å². The van der Waals surface area contributed by atoms with Crippen molar-refractivity contribution in [3.8, 4) is 0 Å². The summed E-state index contributed by atoms with van der Waals surface area (Å²) in [4.78, 5) is 37.4. The normalized spacial score (nSPS) is 15.3. The highest BCUT2D eigenvalue weighted by atomic mass is 19.1. The van der Waals surface area contributed by atoms with E-state index in [1.54, 1.807) is 6.92 Å². The number of anilines is 1. The topological polar surface area (TPSA) is 87.7 Å². The molecule has 7 nitrogen and oxygen atoms in total. The third-order valence-corrected chi connectivity index (χ3v) is 4.15. The van der Waals surface area contributed by atoms with E-state index in [4.69, 9.17) is 4.74 Å². The van der Waals surface area contributed by atoms with Crippen molar-refractivity contribution in [3.63, 3.8) is 0 Å². The van der Waals surface area contributed by atoms with Gasteiger partial charge in [0.15, 0.2) is 0 Å². The van der Waals surface area contributed by atoms with E-state index in [0.29, 0.717) is 38.2 Å². The molecule has 0 aliphatic carbocycles. The van der Waals surface area contributed by atoms with Crippen LogP contribution in [0.4, 0.5) is 10.1 Å². The molecule has 26 heavy (non-hydrogen) atoms. The summed E-state index contributed by atoms with van der Waals surface area (Å²) in [5.41, 5.74) is 0.465. The summed E-state index contributed by atoms with van der Waals surface area (Å²) < 4.78 is 17.8. The number of amides is 2. The van der Waals surface area contributed by atoms with E-state index in [1.165, 1.54) is 24.3 Å².